The summed E-state index contributed by atoms with van der Waals surface area (Å²) in [7, 11) is -4.32. The molecule has 8 nitrogen and oxygen atoms in total. The lowest BCUT2D eigenvalue weighted by Crippen LogP contribution is -2.54. The first-order valence-corrected chi connectivity index (χ1v) is 19.4. The first-order chi connectivity index (χ1) is 23.5. The van der Waals surface area contributed by atoms with Crippen LogP contribution in [-0.2, 0) is 32.6 Å². The highest BCUT2D eigenvalue weighted by atomic mass is 35.5. The van der Waals surface area contributed by atoms with Crippen LogP contribution in [0.1, 0.15) is 38.3 Å². The van der Waals surface area contributed by atoms with Gasteiger partial charge in [0, 0.05) is 39.5 Å². The van der Waals surface area contributed by atoms with Crippen molar-refractivity contribution in [2.75, 3.05) is 23.7 Å². The van der Waals surface area contributed by atoms with E-state index in [1.807, 2.05) is 50.4 Å². The molecule has 0 aliphatic heterocycles. The maximum absolute atomic E-state index is 14.8. The van der Waals surface area contributed by atoms with E-state index in [9.17, 15) is 18.0 Å². The topological polar surface area (TPSA) is 96.0 Å². The Labute approximate surface area is 303 Å². The fourth-order valence-corrected chi connectivity index (χ4v) is 7.53. The molecule has 0 saturated heterocycles. The highest BCUT2D eigenvalue weighted by Crippen LogP contribution is 2.34. The van der Waals surface area contributed by atoms with Gasteiger partial charge in [0.15, 0.2) is 0 Å². The standard InChI is InChI=1S/C37H41Cl2N3O5S2/c1-5-26(3)40-37(44)34(23-27-13-8-7-9-14-27)41(24-30-31(38)15-12-16-32(30)39)36(43)25-42(33-17-10-11-18-35(33)47-6-2)49(45,46)29-21-19-28(48-4)20-22-29/h7-22,26,34H,5-6,23-25H2,1-4H3,(H,40,44)/t26-,34+/m1/s1. The van der Waals surface area contributed by atoms with Crippen LogP contribution in [0.4, 0.5) is 5.69 Å². The largest absolute Gasteiger partial charge is 0.492 e. The minimum atomic E-state index is -4.32. The number of sulfonamides is 1. The van der Waals surface area contributed by atoms with Crippen molar-refractivity contribution in [3.05, 3.63) is 118 Å². The number of nitrogens with one attached hydrogen (secondary N) is 1. The van der Waals surface area contributed by atoms with E-state index in [1.165, 1.54) is 28.8 Å². The van der Waals surface area contributed by atoms with Crippen molar-refractivity contribution in [3.63, 3.8) is 0 Å². The van der Waals surface area contributed by atoms with Crippen molar-refractivity contribution in [1.29, 1.82) is 0 Å². The molecule has 0 spiro atoms. The lowest BCUT2D eigenvalue weighted by molar-refractivity contribution is -0.140. The summed E-state index contributed by atoms with van der Waals surface area (Å²) in [5, 5.41) is 3.65. The Morgan fingerprint density at radius 2 is 1.51 bits per heavy atom. The molecule has 0 aliphatic rings. The van der Waals surface area contributed by atoms with Crippen molar-refractivity contribution >= 4 is 62.5 Å². The van der Waals surface area contributed by atoms with Gasteiger partial charge in [0.05, 0.1) is 17.2 Å². The molecule has 4 rings (SSSR count). The molecule has 0 heterocycles. The average Bonchev–Trinajstić information content (AvgIpc) is 3.10. The second-order valence-electron chi connectivity index (χ2n) is 11.3. The number of benzene rings is 4. The number of halogens is 2. The summed E-state index contributed by atoms with van der Waals surface area (Å²) in [6.07, 6.45) is 2.73. The first-order valence-electron chi connectivity index (χ1n) is 15.9. The lowest BCUT2D eigenvalue weighted by Gasteiger charge is -2.35. The molecular formula is C37H41Cl2N3O5S2. The third-order valence-corrected chi connectivity index (χ3v) is 11.2. The van der Waals surface area contributed by atoms with E-state index >= 15 is 0 Å². The molecule has 2 amide bonds. The molecule has 0 aromatic heterocycles. The van der Waals surface area contributed by atoms with Crippen LogP contribution < -0.4 is 14.4 Å². The lowest BCUT2D eigenvalue weighted by atomic mass is 10.0. The summed E-state index contributed by atoms with van der Waals surface area (Å²) in [5.74, 6) is -0.725. The van der Waals surface area contributed by atoms with Crippen LogP contribution in [0.25, 0.3) is 0 Å². The number of hydrogen-bond acceptors (Lipinski definition) is 6. The van der Waals surface area contributed by atoms with Gasteiger partial charge in [-0.25, -0.2) is 8.42 Å². The molecule has 0 aliphatic carbocycles. The molecule has 4 aromatic rings. The minimum absolute atomic E-state index is 0.000416. The van der Waals surface area contributed by atoms with E-state index in [2.05, 4.69) is 5.32 Å². The average molecular weight is 743 g/mol. The molecule has 0 bridgehead atoms. The first kappa shape index (κ1) is 38.1. The number of thioether (sulfide) groups is 1. The maximum atomic E-state index is 14.8. The zero-order valence-corrected chi connectivity index (χ0v) is 31.1. The van der Waals surface area contributed by atoms with E-state index in [1.54, 1.807) is 61.5 Å². The molecule has 0 radical (unpaired) electrons. The van der Waals surface area contributed by atoms with Crippen molar-refractivity contribution < 1.29 is 22.7 Å². The SMILES string of the molecule is CCOc1ccccc1N(CC(=O)N(Cc1c(Cl)cccc1Cl)[C@@H](Cc1ccccc1)C(=O)N[C@H](C)CC)S(=O)(=O)c1ccc(SC)cc1. The van der Waals surface area contributed by atoms with Gasteiger partial charge < -0.3 is 15.0 Å². The molecule has 260 valence electrons. The number of ether oxygens (including phenoxy) is 1. The van der Waals surface area contributed by atoms with E-state index in [0.717, 1.165) is 14.8 Å². The normalized spacial score (nSPS) is 12.5. The number of hydrogen-bond donors (Lipinski definition) is 1. The summed E-state index contributed by atoms with van der Waals surface area (Å²) in [6, 6.07) is 26.3. The van der Waals surface area contributed by atoms with Gasteiger partial charge >= 0.3 is 0 Å². The van der Waals surface area contributed by atoms with Gasteiger partial charge in [-0.1, -0.05) is 78.7 Å². The molecule has 4 aromatic carbocycles. The van der Waals surface area contributed by atoms with Crippen LogP contribution >= 0.6 is 35.0 Å². The Hall–Kier alpha value is -3.70. The maximum Gasteiger partial charge on any atom is 0.264 e. The van der Waals surface area contributed by atoms with Gasteiger partial charge in [0.1, 0.15) is 18.3 Å². The van der Waals surface area contributed by atoms with E-state index < -0.39 is 28.5 Å². The molecule has 2 atom stereocenters. The minimum Gasteiger partial charge on any atom is -0.492 e. The number of carbonyl (C=O) groups excluding carboxylic acids is 2. The third-order valence-electron chi connectivity index (χ3n) is 8.02. The molecule has 0 saturated carbocycles. The predicted octanol–water partition coefficient (Wildman–Crippen LogP) is 7.86. The summed E-state index contributed by atoms with van der Waals surface area (Å²) in [5.41, 5.74) is 1.44. The van der Waals surface area contributed by atoms with Crippen molar-refractivity contribution in [2.24, 2.45) is 0 Å². The zero-order chi connectivity index (χ0) is 35.6. The van der Waals surface area contributed by atoms with Gasteiger partial charge in [-0.15, -0.1) is 11.8 Å². The van der Waals surface area contributed by atoms with Gasteiger partial charge in [0.2, 0.25) is 11.8 Å². The predicted molar refractivity (Wildman–Crippen MR) is 199 cm³/mol. The highest BCUT2D eigenvalue weighted by Gasteiger charge is 2.36. The van der Waals surface area contributed by atoms with E-state index in [-0.39, 0.29) is 47.9 Å². The van der Waals surface area contributed by atoms with Crippen LogP contribution in [0.5, 0.6) is 5.75 Å². The quantitative estimate of drug-likeness (QED) is 0.118. The summed E-state index contributed by atoms with van der Waals surface area (Å²) in [6.45, 7) is 5.12. The second-order valence-corrected chi connectivity index (χ2v) is 14.9. The van der Waals surface area contributed by atoms with Crippen LogP contribution in [-0.4, -0.2) is 56.6 Å². The van der Waals surface area contributed by atoms with Crippen LogP contribution in [0.2, 0.25) is 10.0 Å². The zero-order valence-electron chi connectivity index (χ0n) is 27.9. The summed E-state index contributed by atoms with van der Waals surface area (Å²) in [4.78, 5) is 31.1. The Bertz CT molecular complexity index is 1810. The Morgan fingerprint density at radius 1 is 0.878 bits per heavy atom. The van der Waals surface area contributed by atoms with Crippen molar-refractivity contribution in [3.8, 4) is 5.75 Å². The van der Waals surface area contributed by atoms with Crippen molar-refractivity contribution in [2.45, 2.75) is 62.0 Å². The smallest absolute Gasteiger partial charge is 0.264 e. The van der Waals surface area contributed by atoms with Gasteiger partial charge in [-0.05, 0) is 80.6 Å². The van der Waals surface area contributed by atoms with Crippen molar-refractivity contribution in [1.82, 2.24) is 10.2 Å². The van der Waals surface area contributed by atoms with Crippen LogP contribution in [0.3, 0.4) is 0 Å². The summed E-state index contributed by atoms with van der Waals surface area (Å²) < 4.78 is 35.8. The number of para-hydroxylation sites is 2. The number of rotatable bonds is 16. The van der Waals surface area contributed by atoms with Crippen LogP contribution in [0.15, 0.2) is 107 Å². The highest BCUT2D eigenvalue weighted by molar-refractivity contribution is 7.98. The molecule has 49 heavy (non-hydrogen) atoms. The Balaban J connectivity index is 1.88. The van der Waals surface area contributed by atoms with Crippen LogP contribution in [0, 0.1) is 0 Å². The number of anilines is 1. The van der Waals surface area contributed by atoms with Gasteiger partial charge in [-0.3, -0.25) is 13.9 Å². The monoisotopic (exact) mass is 741 g/mol. The molecule has 1 N–H and O–H groups in total. The number of carbonyl (C=O) groups is 2. The van der Waals surface area contributed by atoms with E-state index in [4.69, 9.17) is 27.9 Å². The number of nitrogens with zero attached hydrogens (tertiary/aromatic N) is 2. The van der Waals surface area contributed by atoms with Gasteiger partial charge in [-0.2, -0.15) is 0 Å². The molecule has 0 fully saturated rings. The fourth-order valence-electron chi connectivity index (χ4n) is 5.18. The third kappa shape index (κ3) is 9.72. The molecule has 12 heteroatoms. The molecular weight excluding hydrogens is 701 g/mol. The summed E-state index contributed by atoms with van der Waals surface area (Å²) >= 11 is 14.7. The fraction of sp³-hybridized carbons (Fsp3) is 0.297. The second kappa shape index (κ2) is 17.8. The van der Waals surface area contributed by atoms with E-state index in [0.29, 0.717) is 22.0 Å². The van der Waals surface area contributed by atoms with Gasteiger partial charge in [0.25, 0.3) is 10.0 Å². The molecule has 0 unspecified atom stereocenters. The Kier molecular flexibility index (Phi) is 13.8. The number of amides is 2. The Morgan fingerprint density at radius 3 is 2.12 bits per heavy atom.